The Hall–Kier alpha value is -1.71. The number of carbonyl (C=O) groups is 3. The standard InChI is InChI=1S/C38H72N2O7/c1-3-5-7-9-11-13-15-17-19-21-23-25-37(44)46-29-27-40(36(43)33-39-31-34(41)35(42)32-39)28-30-47-38(45)26-24-22-20-18-16-14-12-10-8-6-4-2/h34-35,41-42H,3-33H2,1-2H3/t34-,35-/m0/s1. The smallest absolute Gasteiger partial charge is 0.305 e. The highest BCUT2D eigenvalue weighted by Crippen LogP contribution is 2.14. The topological polar surface area (TPSA) is 117 Å². The first-order valence-electron chi connectivity index (χ1n) is 19.5. The quantitative estimate of drug-likeness (QED) is 0.0565. The lowest BCUT2D eigenvalue weighted by atomic mass is 10.1. The summed E-state index contributed by atoms with van der Waals surface area (Å²) < 4.78 is 10.9. The van der Waals surface area contributed by atoms with Gasteiger partial charge in [-0.3, -0.25) is 19.3 Å². The van der Waals surface area contributed by atoms with E-state index < -0.39 is 12.2 Å². The maximum absolute atomic E-state index is 13.1. The van der Waals surface area contributed by atoms with Gasteiger partial charge in [0.25, 0.3) is 0 Å². The maximum Gasteiger partial charge on any atom is 0.305 e. The third-order valence-corrected chi connectivity index (χ3v) is 9.26. The van der Waals surface area contributed by atoms with E-state index in [1.54, 1.807) is 9.80 Å². The van der Waals surface area contributed by atoms with E-state index in [2.05, 4.69) is 13.8 Å². The van der Waals surface area contributed by atoms with Crippen molar-refractivity contribution in [1.29, 1.82) is 0 Å². The molecule has 1 aliphatic rings. The van der Waals surface area contributed by atoms with E-state index >= 15 is 0 Å². The van der Waals surface area contributed by atoms with Crippen LogP contribution in [-0.2, 0) is 23.9 Å². The van der Waals surface area contributed by atoms with Crippen molar-refractivity contribution in [2.75, 3.05) is 45.9 Å². The fraction of sp³-hybridized carbons (Fsp3) is 0.921. The Morgan fingerprint density at radius 1 is 0.553 bits per heavy atom. The molecule has 2 atom stereocenters. The van der Waals surface area contributed by atoms with E-state index in [1.165, 1.54) is 103 Å². The first kappa shape index (κ1) is 43.3. The Bertz CT molecular complexity index is 727. The summed E-state index contributed by atoms with van der Waals surface area (Å²) in [6, 6.07) is 0. The van der Waals surface area contributed by atoms with Crippen LogP contribution in [0.3, 0.4) is 0 Å². The predicted octanol–water partition coefficient (Wildman–Crippen LogP) is 7.34. The number of carbonyl (C=O) groups excluding carboxylic acids is 3. The Labute approximate surface area is 287 Å². The summed E-state index contributed by atoms with van der Waals surface area (Å²) in [5, 5.41) is 19.7. The molecule has 0 aromatic heterocycles. The molecule has 1 amide bonds. The minimum atomic E-state index is -0.871. The van der Waals surface area contributed by atoms with Crippen molar-refractivity contribution in [3.63, 3.8) is 0 Å². The third kappa shape index (κ3) is 25.0. The van der Waals surface area contributed by atoms with E-state index in [0.29, 0.717) is 12.8 Å². The number of hydrogen-bond donors (Lipinski definition) is 2. The van der Waals surface area contributed by atoms with Gasteiger partial charge < -0.3 is 24.6 Å². The van der Waals surface area contributed by atoms with Crippen molar-refractivity contribution in [2.24, 2.45) is 0 Å². The molecule has 2 N–H and O–H groups in total. The van der Waals surface area contributed by atoms with Gasteiger partial charge in [-0.1, -0.05) is 142 Å². The van der Waals surface area contributed by atoms with Crippen LogP contribution in [0.25, 0.3) is 0 Å². The second-order valence-electron chi connectivity index (χ2n) is 13.7. The zero-order valence-electron chi connectivity index (χ0n) is 30.4. The van der Waals surface area contributed by atoms with E-state index in [4.69, 9.17) is 9.47 Å². The van der Waals surface area contributed by atoms with Crippen LogP contribution in [0, 0.1) is 0 Å². The van der Waals surface area contributed by atoms with Crippen LogP contribution < -0.4 is 0 Å². The molecule has 0 aromatic rings. The summed E-state index contributed by atoms with van der Waals surface area (Å²) in [4.78, 5) is 40.9. The van der Waals surface area contributed by atoms with Crippen LogP contribution in [0.4, 0.5) is 0 Å². The molecule has 9 heteroatoms. The lowest BCUT2D eigenvalue weighted by molar-refractivity contribution is -0.148. The second kappa shape index (κ2) is 30.4. The van der Waals surface area contributed by atoms with E-state index in [1.807, 2.05) is 0 Å². The van der Waals surface area contributed by atoms with Crippen LogP contribution in [0.2, 0.25) is 0 Å². The number of esters is 2. The van der Waals surface area contributed by atoms with Gasteiger partial charge in [-0.2, -0.15) is 0 Å². The van der Waals surface area contributed by atoms with Gasteiger partial charge in [-0.25, -0.2) is 0 Å². The van der Waals surface area contributed by atoms with Crippen molar-refractivity contribution < 1.29 is 34.1 Å². The van der Waals surface area contributed by atoms with Gasteiger partial charge in [0.1, 0.15) is 13.2 Å². The molecule has 1 saturated heterocycles. The van der Waals surface area contributed by atoms with Crippen LogP contribution in [0.5, 0.6) is 0 Å². The van der Waals surface area contributed by atoms with Gasteiger partial charge in [0.15, 0.2) is 0 Å². The summed E-state index contributed by atoms with van der Waals surface area (Å²) in [5.41, 5.74) is 0. The summed E-state index contributed by atoms with van der Waals surface area (Å²) in [6.45, 7) is 5.55. The number of hydrogen-bond acceptors (Lipinski definition) is 8. The monoisotopic (exact) mass is 669 g/mol. The van der Waals surface area contributed by atoms with Gasteiger partial charge in [0.05, 0.1) is 31.8 Å². The first-order valence-corrected chi connectivity index (χ1v) is 19.5. The molecule has 0 aliphatic carbocycles. The van der Waals surface area contributed by atoms with E-state index in [-0.39, 0.29) is 63.8 Å². The zero-order chi connectivity index (χ0) is 34.4. The van der Waals surface area contributed by atoms with Crippen molar-refractivity contribution in [2.45, 2.75) is 180 Å². The molecule has 0 bridgehead atoms. The SMILES string of the molecule is CCCCCCCCCCCCCC(=O)OCCN(CCOC(=O)CCCCCCCCCCCCC)C(=O)CN1C[C@H](O)[C@@H](O)C1. The van der Waals surface area contributed by atoms with Gasteiger partial charge in [0.2, 0.25) is 5.91 Å². The number of β-amino-alcohol motifs (C(OH)–C–C–N with tert-alkyl or cyclic N) is 2. The van der Waals surface area contributed by atoms with Crippen molar-refractivity contribution in [1.82, 2.24) is 9.80 Å². The highest BCUT2D eigenvalue weighted by molar-refractivity contribution is 5.78. The van der Waals surface area contributed by atoms with E-state index in [9.17, 15) is 24.6 Å². The van der Waals surface area contributed by atoms with Gasteiger partial charge >= 0.3 is 11.9 Å². The number of nitrogens with zero attached hydrogens (tertiary/aromatic N) is 2. The molecule has 47 heavy (non-hydrogen) atoms. The molecular weight excluding hydrogens is 596 g/mol. The van der Waals surface area contributed by atoms with Gasteiger partial charge in [0, 0.05) is 25.9 Å². The maximum atomic E-state index is 13.1. The van der Waals surface area contributed by atoms with Crippen LogP contribution in [0.1, 0.15) is 168 Å². The fourth-order valence-electron chi connectivity index (χ4n) is 6.18. The summed E-state index contributed by atoms with van der Waals surface area (Å²) in [6.07, 6.45) is 25.8. The zero-order valence-corrected chi connectivity index (χ0v) is 30.4. The molecule has 0 aromatic carbocycles. The van der Waals surface area contributed by atoms with Gasteiger partial charge in [-0.15, -0.1) is 0 Å². The molecular formula is C38H72N2O7. The highest BCUT2D eigenvalue weighted by Gasteiger charge is 2.31. The summed E-state index contributed by atoms with van der Waals surface area (Å²) >= 11 is 0. The molecule has 9 nitrogen and oxygen atoms in total. The number of rotatable bonds is 32. The number of aliphatic hydroxyl groups excluding tert-OH is 2. The number of aliphatic hydroxyl groups is 2. The number of likely N-dealkylation sites (tertiary alicyclic amines) is 1. The minimum absolute atomic E-state index is 0.0352. The van der Waals surface area contributed by atoms with E-state index in [0.717, 1.165) is 38.5 Å². The van der Waals surface area contributed by atoms with Crippen LogP contribution in [0.15, 0.2) is 0 Å². The fourth-order valence-corrected chi connectivity index (χ4v) is 6.18. The molecule has 0 saturated carbocycles. The lowest BCUT2D eigenvalue weighted by Crippen LogP contribution is -2.43. The first-order chi connectivity index (χ1) is 22.9. The number of unbranched alkanes of at least 4 members (excludes halogenated alkanes) is 20. The number of amides is 1. The Balaban J connectivity index is 2.25. The molecule has 1 fully saturated rings. The normalized spacial score (nSPS) is 16.4. The van der Waals surface area contributed by atoms with Crippen molar-refractivity contribution in [3.05, 3.63) is 0 Å². The summed E-state index contributed by atoms with van der Waals surface area (Å²) in [7, 11) is 0. The summed E-state index contributed by atoms with van der Waals surface area (Å²) in [5.74, 6) is -0.718. The second-order valence-corrected chi connectivity index (χ2v) is 13.7. The van der Waals surface area contributed by atoms with Gasteiger partial charge in [-0.05, 0) is 12.8 Å². The number of ether oxygens (including phenoxy) is 2. The third-order valence-electron chi connectivity index (χ3n) is 9.26. The minimum Gasteiger partial charge on any atom is -0.464 e. The van der Waals surface area contributed by atoms with Crippen molar-refractivity contribution in [3.8, 4) is 0 Å². The molecule has 1 aliphatic heterocycles. The Morgan fingerprint density at radius 3 is 1.21 bits per heavy atom. The largest absolute Gasteiger partial charge is 0.464 e. The predicted molar refractivity (Wildman–Crippen MR) is 189 cm³/mol. The highest BCUT2D eigenvalue weighted by atomic mass is 16.5. The van der Waals surface area contributed by atoms with Crippen LogP contribution >= 0.6 is 0 Å². The average Bonchev–Trinajstić information content (AvgIpc) is 3.37. The Kier molecular flexibility index (Phi) is 28.0. The molecule has 0 spiro atoms. The average molecular weight is 669 g/mol. The Morgan fingerprint density at radius 2 is 0.872 bits per heavy atom. The molecule has 0 radical (unpaired) electrons. The molecule has 276 valence electrons. The molecule has 1 heterocycles. The molecule has 1 rings (SSSR count). The molecule has 0 unspecified atom stereocenters. The van der Waals surface area contributed by atoms with Crippen LogP contribution in [-0.4, -0.2) is 96.0 Å². The lowest BCUT2D eigenvalue weighted by Gasteiger charge is -2.25. The van der Waals surface area contributed by atoms with Crippen molar-refractivity contribution >= 4 is 17.8 Å².